The zero-order valence-electron chi connectivity index (χ0n) is 27.8. The minimum Gasteiger partial charge on any atom is -0.508 e. The molecule has 2 aromatic carbocycles. The fraction of sp³-hybridized carbons (Fsp3) is 0.545. The Bertz CT molecular complexity index is 1800. The second-order valence-electron chi connectivity index (χ2n) is 12.9. The molecule has 0 amide bonds. The smallest absolute Gasteiger partial charge is 0.239 e. The Morgan fingerprint density at radius 1 is 0.593 bits per heavy atom. The van der Waals surface area contributed by atoms with E-state index in [4.69, 9.17) is 32.8 Å². The molecule has 298 valence electrons. The van der Waals surface area contributed by atoms with Gasteiger partial charge in [0.1, 0.15) is 95.4 Å². The molecule has 3 saturated heterocycles. The highest BCUT2D eigenvalue weighted by Gasteiger charge is 2.52. The Balaban J connectivity index is 1.37. The molecule has 3 aliphatic heterocycles. The zero-order chi connectivity index (χ0) is 39.2. The number of fused-ring (bicyclic) bond motifs is 1. The van der Waals surface area contributed by atoms with E-state index in [-0.39, 0.29) is 16.9 Å². The fourth-order valence-electron chi connectivity index (χ4n) is 6.30. The maximum absolute atomic E-state index is 14.0. The van der Waals surface area contributed by atoms with Crippen LogP contribution in [-0.4, -0.2) is 178 Å². The van der Waals surface area contributed by atoms with Crippen LogP contribution < -0.4 is 14.9 Å². The molecule has 0 bridgehead atoms. The summed E-state index contributed by atoms with van der Waals surface area (Å²) in [6.07, 6.45) is -26.2. The molecule has 0 radical (unpaired) electrons. The van der Waals surface area contributed by atoms with Gasteiger partial charge in [-0.2, -0.15) is 0 Å². The third-order valence-electron chi connectivity index (χ3n) is 9.33. The summed E-state index contributed by atoms with van der Waals surface area (Å²) in [6, 6.07) is 7.10. The predicted octanol–water partition coefficient (Wildman–Crippen LogP) is -4.95. The van der Waals surface area contributed by atoms with Crippen LogP contribution in [0.25, 0.3) is 22.3 Å². The average Bonchev–Trinajstić information content (AvgIpc) is 3.15. The second kappa shape index (κ2) is 16.2. The highest BCUT2D eigenvalue weighted by atomic mass is 16.8. The number of benzene rings is 2. The van der Waals surface area contributed by atoms with Crippen molar-refractivity contribution in [1.82, 2.24) is 0 Å². The molecule has 54 heavy (non-hydrogen) atoms. The molecule has 0 unspecified atom stereocenters. The maximum atomic E-state index is 14.0. The Kier molecular flexibility index (Phi) is 11.9. The third-order valence-corrected chi connectivity index (χ3v) is 9.33. The van der Waals surface area contributed by atoms with Crippen LogP contribution in [0.5, 0.6) is 23.0 Å². The largest absolute Gasteiger partial charge is 0.508 e. The number of hydrogen-bond donors (Lipinski definition) is 13. The Morgan fingerprint density at radius 2 is 1.11 bits per heavy atom. The lowest BCUT2D eigenvalue weighted by molar-refractivity contribution is -0.358. The summed E-state index contributed by atoms with van der Waals surface area (Å²) in [4.78, 5) is 14.0. The highest BCUT2D eigenvalue weighted by molar-refractivity contribution is 5.88. The number of ether oxygens (including phenoxy) is 6. The molecule has 3 aliphatic rings. The first-order chi connectivity index (χ1) is 25.7. The van der Waals surface area contributed by atoms with Crippen LogP contribution in [-0.2, 0) is 18.9 Å². The number of phenolic OH excluding ortho intramolecular Hbond substituents is 2. The van der Waals surface area contributed by atoms with Crippen molar-refractivity contribution in [3.8, 4) is 34.3 Å². The van der Waals surface area contributed by atoms with Crippen LogP contribution in [0, 0.1) is 0 Å². The van der Waals surface area contributed by atoms with Gasteiger partial charge in [0.05, 0.1) is 19.8 Å². The van der Waals surface area contributed by atoms with E-state index in [1.165, 1.54) is 24.3 Å². The Hall–Kier alpha value is -3.75. The molecule has 0 saturated carbocycles. The minimum absolute atomic E-state index is 0.00970. The van der Waals surface area contributed by atoms with Gasteiger partial charge in [-0.3, -0.25) is 4.79 Å². The number of hydrogen-bond acceptors (Lipinski definition) is 21. The summed E-state index contributed by atoms with van der Waals surface area (Å²) < 4.78 is 39.6. The van der Waals surface area contributed by atoms with Crippen LogP contribution in [0.1, 0.15) is 0 Å². The summed E-state index contributed by atoms with van der Waals surface area (Å²) in [5.41, 5.74) is -1.35. The fourth-order valence-corrected chi connectivity index (χ4v) is 6.30. The molecule has 3 fully saturated rings. The van der Waals surface area contributed by atoms with Crippen molar-refractivity contribution in [1.29, 1.82) is 0 Å². The van der Waals surface area contributed by atoms with Crippen LogP contribution in [0.15, 0.2) is 45.6 Å². The molecule has 21 heteroatoms. The molecule has 13 N–H and O–H groups in total. The first-order valence-electron chi connectivity index (χ1n) is 16.5. The lowest BCUT2D eigenvalue weighted by atomic mass is 9.97. The lowest BCUT2D eigenvalue weighted by Gasteiger charge is -2.45. The van der Waals surface area contributed by atoms with Crippen LogP contribution >= 0.6 is 0 Å². The maximum Gasteiger partial charge on any atom is 0.239 e. The van der Waals surface area contributed by atoms with E-state index in [2.05, 4.69) is 0 Å². The van der Waals surface area contributed by atoms with E-state index in [1.54, 1.807) is 0 Å². The van der Waals surface area contributed by atoms with Gasteiger partial charge < -0.3 is 99.2 Å². The van der Waals surface area contributed by atoms with Gasteiger partial charge in [-0.25, -0.2) is 0 Å². The van der Waals surface area contributed by atoms with Crippen molar-refractivity contribution in [2.45, 2.75) is 92.1 Å². The normalized spacial score (nSPS) is 37.3. The van der Waals surface area contributed by atoms with Crippen molar-refractivity contribution in [3.05, 3.63) is 46.6 Å². The summed E-state index contributed by atoms with van der Waals surface area (Å²) in [6.45, 7) is -2.43. The third kappa shape index (κ3) is 7.45. The zero-order valence-corrected chi connectivity index (χ0v) is 27.8. The Labute approximate surface area is 303 Å². The van der Waals surface area contributed by atoms with Gasteiger partial charge in [-0.15, -0.1) is 0 Å². The van der Waals surface area contributed by atoms with E-state index < -0.39 is 146 Å². The lowest BCUT2D eigenvalue weighted by Crippen LogP contribution is -2.65. The van der Waals surface area contributed by atoms with Gasteiger partial charge in [0.15, 0.2) is 18.2 Å². The molecule has 6 rings (SSSR count). The number of phenols is 2. The van der Waals surface area contributed by atoms with Crippen LogP contribution in [0.3, 0.4) is 0 Å². The molecular formula is C33H40O21. The molecular weight excluding hydrogens is 732 g/mol. The summed E-state index contributed by atoms with van der Waals surface area (Å²) in [5, 5.41) is 133. The van der Waals surface area contributed by atoms with Gasteiger partial charge >= 0.3 is 0 Å². The number of aliphatic hydroxyl groups excluding tert-OH is 11. The van der Waals surface area contributed by atoms with Crippen LogP contribution in [0.4, 0.5) is 0 Å². The van der Waals surface area contributed by atoms with Crippen molar-refractivity contribution in [2.24, 2.45) is 0 Å². The monoisotopic (exact) mass is 772 g/mol. The highest BCUT2D eigenvalue weighted by Crippen LogP contribution is 2.39. The summed E-state index contributed by atoms with van der Waals surface area (Å²) in [7, 11) is 0. The van der Waals surface area contributed by atoms with Crippen molar-refractivity contribution < 1.29 is 99.2 Å². The standard InChI is InChI=1S/C33H40O21/c34-7-15-19(39)23(43)26(46)31(50-15)48-12-3-1-10(2-4-12)28-29(22(42)18-13(38)5-11(37)6-14(18)49-28)53-33-30(25(45)21(41)17(9-36)52-33)54-32-27(47)24(44)20(40)16(8-35)51-32/h1-6,15-17,19-21,23-27,30-41,43-47H,7-9H2/t15-,16+,17+,19-,20-,21-,23+,24+,25+,26-,27-,30-,31-,32+,33+/m1/s1. The molecule has 15 atom stereocenters. The SMILES string of the molecule is O=c1c(O[C@@H]2O[C@@H](CO)[C@@H](O)[C@H](O)[C@H]2O[C@@H]2O[C@@H](CO)[C@@H](O)[C@H](O)[C@H]2O)c(-c2ccc(O[C@@H]3O[C@H](CO)[C@@H](O)[C@H](O)[C@H]3O)cc2)oc2cc(O)cc(O)c12. The topological polar surface area (TPSA) is 349 Å². The minimum atomic E-state index is -2.01. The number of aromatic hydroxyl groups is 2. The van der Waals surface area contributed by atoms with Gasteiger partial charge in [0.25, 0.3) is 0 Å². The molecule has 0 spiro atoms. The second-order valence-corrected chi connectivity index (χ2v) is 12.9. The predicted molar refractivity (Wildman–Crippen MR) is 173 cm³/mol. The molecule has 1 aromatic heterocycles. The van der Waals surface area contributed by atoms with Crippen molar-refractivity contribution in [2.75, 3.05) is 19.8 Å². The van der Waals surface area contributed by atoms with E-state index in [0.717, 1.165) is 12.1 Å². The molecule has 21 nitrogen and oxygen atoms in total. The van der Waals surface area contributed by atoms with E-state index >= 15 is 0 Å². The van der Waals surface area contributed by atoms with E-state index in [9.17, 15) is 71.2 Å². The number of aliphatic hydroxyl groups is 11. The quantitative estimate of drug-likeness (QED) is 0.0918. The van der Waals surface area contributed by atoms with E-state index in [1.807, 2.05) is 0 Å². The van der Waals surface area contributed by atoms with Crippen molar-refractivity contribution in [3.63, 3.8) is 0 Å². The summed E-state index contributed by atoms with van der Waals surface area (Å²) in [5.74, 6) is -2.33. The summed E-state index contributed by atoms with van der Waals surface area (Å²) >= 11 is 0. The van der Waals surface area contributed by atoms with Gasteiger partial charge in [0.2, 0.25) is 23.8 Å². The number of rotatable bonds is 10. The van der Waals surface area contributed by atoms with Gasteiger partial charge in [-0.1, -0.05) is 0 Å². The molecule has 4 heterocycles. The van der Waals surface area contributed by atoms with Gasteiger partial charge in [0, 0.05) is 17.7 Å². The Morgan fingerprint density at radius 3 is 1.69 bits per heavy atom. The molecule has 3 aromatic rings. The molecule has 0 aliphatic carbocycles. The van der Waals surface area contributed by atoms with E-state index in [0.29, 0.717) is 0 Å². The van der Waals surface area contributed by atoms with Crippen molar-refractivity contribution >= 4 is 11.0 Å². The average molecular weight is 773 g/mol. The van der Waals surface area contributed by atoms with Crippen LogP contribution in [0.2, 0.25) is 0 Å². The van der Waals surface area contributed by atoms with Gasteiger partial charge in [-0.05, 0) is 24.3 Å². The first-order valence-corrected chi connectivity index (χ1v) is 16.5. The first kappa shape index (κ1) is 39.9.